The Bertz CT molecular complexity index is 806. The summed E-state index contributed by atoms with van der Waals surface area (Å²) in [5.74, 6) is 0.612. The fraction of sp³-hybridized carbons (Fsp3) is 0.579. The van der Waals surface area contributed by atoms with Gasteiger partial charge in [0.05, 0.1) is 5.92 Å². The summed E-state index contributed by atoms with van der Waals surface area (Å²) in [4.78, 5) is 25.0. The summed E-state index contributed by atoms with van der Waals surface area (Å²) in [5, 5.41) is 16.8. The number of carboxylic acids is 1. The Hall–Kier alpha value is -2.44. The van der Waals surface area contributed by atoms with E-state index < -0.39 is 5.97 Å². The molecule has 1 aliphatic carbocycles. The molecule has 2 aromatic heterocycles. The van der Waals surface area contributed by atoms with Gasteiger partial charge in [0.2, 0.25) is 5.95 Å². The molecule has 2 aromatic rings. The highest BCUT2D eigenvalue weighted by atomic mass is 16.4. The van der Waals surface area contributed by atoms with E-state index in [0.29, 0.717) is 24.7 Å². The van der Waals surface area contributed by atoms with Gasteiger partial charge in [0.15, 0.2) is 5.82 Å². The monoisotopic (exact) mass is 357 g/mol. The predicted molar refractivity (Wildman–Crippen MR) is 103 cm³/mol. The van der Waals surface area contributed by atoms with Crippen molar-refractivity contribution in [2.24, 2.45) is 5.92 Å². The van der Waals surface area contributed by atoms with E-state index in [-0.39, 0.29) is 18.0 Å². The number of carboxylic acid groups (broad SMARTS) is 1. The Morgan fingerprint density at radius 3 is 2.62 bits per heavy atom. The molecule has 1 aliphatic rings. The molecule has 0 aromatic carbocycles. The molecule has 0 radical (unpaired) electrons. The minimum absolute atomic E-state index is 0.0953. The van der Waals surface area contributed by atoms with Crippen LogP contribution in [0.3, 0.4) is 0 Å². The molecule has 3 rings (SSSR count). The van der Waals surface area contributed by atoms with Crippen LogP contribution in [0.25, 0.3) is 10.9 Å². The van der Waals surface area contributed by atoms with Crippen LogP contribution < -0.4 is 10.6 Å². The summed E-state index contributed by atoms with van der Waals surface area (Å²) in [5.41, 5.74) is 1.79. The standard InChI is InChI=1S/C19H27N5O2/c1-10(2)15-8-13-9-20-19(22-14-6-5-12(7-14)18(25)26)24-16(13)17(23-15)21-11(3)4/h8-12,14H,5-7H2,1-4H3,(H,21,23)(H,25,26)(H,20,22,24)/t12-,14+/m0/s1. The number of anilines is 2. The molecule has 1 fully saturated rings. The average Bonchev–Trinajstić information content (AvgIpc) is 3.03. The van der Waals surface area contributed by atoms with Gasteiger partial charge in [0, 0.05) is 29.4 Å². The van der Waals surface area contributed by atoms with Gasteiger partial charge in [-0.2, -0.15) is 0 Å². The van der Waals surface area contributed by atoms with E-state index in [9.17, 15) is 4.79 Å². The molecule has 0 amide bonds. The van der Waals surface area contributed by atoms with E-state index in [1.54, 1.807) is 0 Å². The van der Waals surface area contributed by atoms with E-state index in [4.69, 9.17) is 10.1 Å². The summed E-state index contributed by atoms with van der Waals surface area (Å²) < 4.78 is 0. The number of pyridine rings is 1. The highest BCUT2D eigenvalue weighted by Crippen LogP contribution is 2.29. The van der Waals surface area contributed by atoms with Gasteiger partial charge >= 0.3 is 5.97 Å². The number of nitrogens with one attached hydrogen (secondary N) is 2. The Morgan fingerprint density at radius 2 is 2.00 bits per heavy atom. The number of aromatic nitrogens is 3. The molecule has 0 saturated heterocycles. The van der Waals surface area contributed by atoms with Crippen molar-refractivity contribution >= 4 is 28.6 Å². The zero-order valence-electron chi connectivity index (χ0n) is 15.8. The highest BCUT2D eigenvalue weighted by molar-refractivity contribution is 5.89. The minimum atomic E-state index is -0.720. The van der Waals surface area contributed by atoms with Crippen LogP contribution >= 0.6 is 0 Å². The maximum absolute atomic E-state index is 11.1. The predicted octanol–water partition coefficient (Wildman–Crippen LogP) is 3.63. The zero-order chi connectivity index (χ0) is 18.8. The number of nitrogens with zero attached hydrogens (tertiary/aromatic N) is 3. The third kappa shape index (κ3) is 4.03. The van der Waals surface area contributed by atoms with Crippen LogP contribution in [-0.4, -0.2) is 38.1 Å². The first-order valence-electron chi connectivity index (χ1n) is 9.27. The van der Waals surface area contributed by atoms with E-state index in [1.165, 1.54) is 0 Å². The smallest absolute Gasteiger partial charge is 0.306 e. The summed E-state index contributed by atoms with van der Waals surface area (Å²) in [6, 6.07) is 2.37. The lowest BCUT2D eigenvalue weighted by atomic mass is 10.1. The molecule has 0 spiro atoms. The second kappa shape index (κ2) is 7.43. The normalized spacial score (nSPS) is 20.1. The molecule has 1 saturated carbocycles. The van der Waals surface area contributed by atoms with E-state index >= 15 is 0 Å². The maximum Gasteiger partial charge on any atom is 0.306 e. The quantitative estimate of drug-likeness (QED) is 0.726. The van der Waals surface area contributed by atoms with Crippen molar-refractivity contribution in [2.75, 3.05) is 10.6 Å². The summed E-state index contributed by atoms with van der Waals surface area (Å²) >= 11 is 0. The van der Waals surface area contributed by atoms with Crippen molar-refractivity contribution in [3.63, 3.8) is 0 Å². The summed E-state index contributed by atoms with van der Waals surface area (Å²) in [6.45, 7) is 8.37. The number of aliphatic carboxylic acids is 1. The van der Waals surface area contributed by atoms with Crippen molar-refractivity contribution in [2.45, 2.75) is 65.0 Å². The van der Waals surface area contributed by atoms with Gasteiger partial charge in [-0.1, -0.05) is 13.8 Å². The second-order valence-corrected chi connectivity index (χ2v) is 7.67. The molecule has 3 N–H and O–H groups in total. The summed E-state index contributed by atoms with van der Waals surface area (Å²) in [7, 11) is 0. The van der Waals surface area contributed by atoms with Crippen LogP contribution in [0.5, 0.6) is 0 Å². The molecule has 0 unspecified atom stereocenters. The van der Waals surface area contributed by atoms with Crippen LogP contribution in [-0.2, 0) is 4.79 Å². The number of hydrogen-bond donors (Lipinski definition) is 3. The Morgan fingerprint density at radius 1 is 1.23 bits per heavy atom. The molecule has 0 bridgehead atoms. The Kier molecular flexibility index (Phi) is 5.25. The van der Waals surface area contributed by atoms with Crippen LogP contribution in [0.15, 0.2) is 12.3 Å². The third-order valence-electron chi connectivity index (χ3n) is 4.72. The number of fused-ring (bicyclic) bond motifs is 1. The Labute approximate surface area is 153 Å². The van der Waals surface area contributed by atoms with E-state index in [1.807, 2.05) is 12.3 Å². The Balaban J connectivity index is 1.89. The second-order valence-electron chi connectivity index (χ2n) is 7.67. The third-order valence-corrected chi connectivity index (χ3v) is 4.72. The van der Waals surface area contributed by atoms with Gasteiger partial charge in [0.1, 0.15) is 5.52 Å². The van der Waals surface area contributed by atoms with Crippen LogP contribution in [0.4, 0.5) is 11.8 Å². The van der Waals surface area contributed by atoms with Crippen molar-refractivity contribution in [1.29, 1.82) is 0 Å². The van der Waals surface area contributed by atoms with Gasteiger partial charge in [-0.15, -0.1) is 0 Å². The van der Waals surface area contributed by atoms with Crippen LogP contribution in [0.1, 0.15) is 58.6 Å². The van der Waals surface area contributed by atoms with E-state index in [2.05, 4.69) is 48.3 Å². The first-order chi connectivity index (χ1) is 12.3. The molecule has 2 heterocycles. The molecule has 7 heteroatoms. The minimum Gasteiger partial charge on any atom is -0.481 e. The van der Waals surface area contributed by atoms with Gasteiger partial charge in [-0.05, 0) is 45.1 Å². The number of rotatable bonds is 6. The number of hydrogen-bond acceptors (Lipinski definition) is 6. The fourth-order valence-corrected chi connectivity index (χ4v) is 3.32. The molecule has 0 aliphatic heterocycles. The number of carbonyl (C=O) groups is 1. The lowest BCUT2D eigenvalue weighted by molar-refractivity contribution is -0.141. The van der Waals surface area contributed by atoms with Crippen molar-refractivity contribution < 1.29 is 9.90 Å². The molecule has 7 nitrogen and oxygen atoms in total. The topological polar surface area (TPSA) is 100 Å². The maximum atomic E-state index is 11.1. The highest BCUT2D eigenvalue weighted by Gasteiger charge is 2.30. The van der Waals surface area contributed by atoms with Crippen LogP contribution in [0, 0.1) is 5.92 Å². The lowest BCUT2D eigenvalue weighted by Crippen LogP contribution is -2.19. The summed E-state index contributed by atoms with van der Waals surface area (Å²) in [6.07, 6.45) is 3.94. The lowest BCUT2D eigenvalue weighted by Gasteiger charge is -2.16. The van der Waals surface area contributed by atoms with Crippen molar-refractivity contribution in [3.05, 3.63) is 18.0 Å². The van der Waals surface area contributed by atoms with Gasteiger partial charge in [0.25, 0.3) is 0 Å². The fourth-order valence-electron chi connectivity index (χ4n) is 3.32. The zero-order valence-corrected chi connectivity index (χ0v) is 15.8. The van der Waals surface area contributed by atoms with Crippen molar-refractivity contribution in [3.8, 4) is 0 Å². The average molecular weight is 357 g/mol. The largest absolute Gasteiger partial charge is 0.481 e. The first kappa shape index (κ1) is 18.4. The molecule has 140 valence electrons. The molecular formula is C19H27N5O2. The van der Waals surface area contributed by atoms with E-state index in [0.717, 1.165) is 28.8 Å². The van der Waals surface area contributed by atoms with Crippen LogP contribution in [0.2, 0.25) is 0 Å². The molecular weight excluding hydrogens is 330 g/mol. The molecule has 2 atom stereocenters. The molecule has 26 heavy (non-hydrogen) atoms. The van der Waals surface area contributed by atoms with Gasteiger partial charge in [-0.3, -0.25) is 4.79 Å². The first-order valence-corrected chi connectivity index (χ1v) is 9.27. The van der Waals surface area contributed by atoms with Crippen molar-refractivity contribution in [1.82, 2.24) is 15.0 Å². The van der Waals surface area contributed by atoms with Gasteiger partial charge in [-0.25, -0.2) is 15.0 Å². The van der Waals surface area contributed by atoms with Gasteiger partial charge < -0.3 is 15.7 Å². The SMILES string of the molecule is CC(C)Nc1nc(C(C)C)cc2cnc(N[C@@H]3CC[C@H](C(=O)O)C3)nc12.